The molecular weight excluding hydrogens is 408 g/mol. The SMILES string of the molecule is CCc1cc(-c2nc(-c3cc(C)nc(N(CC)CC)c3)no2)cc(C)c1OC[C@H](O)CO. The van der Waals surface area contributed by atoms with Crippen LogP contribution in [0.1, 0.15) is 37.6 Å². The summed E-state index contributed by atoms with van der Waals surface area (Å²) in [4.78, 5) is 11.5. The molecule has 0 aliphatic carbocycles. The molecule has 0 bridgehead atoms. The summed E-state index contributed by atoms with van der Waals surface area (Å²) < 4.78 is 11.4. The van der Waals surface area contributed by atoms with Gasteiger partial charge in [-0.2, -0.15) is 4.98 Å². The van der Waals surface area contributed by atoms with Crippen molar-refractivity contribution in [2.75, 3.05) is 31.2 Å². The third-order valence-electron chi connectivity index (χ3n) is 5.32. The quantitative estimate of drug-likeness (QED) is 0.493. The zero-order valence-corrected chi connectivity index (χ0v) is 19.4. The molecule has 3 rings (SSSR count). The second kappa shape index (κ2) is 10.6. The average molecular weight is 441 g/mol. The Hall–Kier alpha value is -2.97. The molecule has 0 radical (unpaired) electrons. The lowest BCUT2D eigenvalue weighted by Crippen LogP contribution is -2.23. The smallest absolute Gasteiger partial charge is 0.258 e. The summed E-state index contributed by atoms with van der Waals surface area (Å²) in [6.07, 6.45) is -0.181. The Balaban J connectivity index is 1.92. The van der Waals surface area contributed by atoms with Crippen LogP contribution in [0.2, 0.25) is 0 Å². The Bertz CT molecular complexity index is 1050. The monoisotopic (exact) mass is 440 g/mol. The van der Waals surface area contributed by atoms with Crippen LogP contribution in [0.5, 0.6) is 5.75 Å². The van der Waals surface area contributed by atoms with E-state index in [-0.39, 0.29) is 13.2 Å². The molecule has 0 aliphatic rings. The Morgan fingerprint density at radius 1 is 1.03 bits per heavy atom. The summed E-state index contributed by atoms with van der Waals surface area (Å²) in [6.45, 7) is 11.6. The topological polar surface area (TPSA) is 105 Å². The largest absolute Gasteiger partial charge is 0.490 e. The van der Waals surface area contributed by atoms with Gasteiger partial charge in [-0.15, -0.1) is 0 Å². The second-order valence-electron chi connectivity index (χ2n) is 7.73. The van der Waals surface area contributed by atoms with Crippen molar-refractivity contribution in [3.63, 3.8) is 0 Å². The molecule has 8 heteroatoms. The van der Waals surface area contributed by atoms with E-state index in [1.807, 2.05) is 45.0 Å². The summed E-state index contributed by atoms with van der Waals surface area (Å²) in [5.41, 5.74) is 4.43. The number of aliphatic hydroxyl groups excluding tert-OH is 2. The Labute approximate surface area is 188 Å². The third-order valence-corrected chi connectivity index (χ3v) is 5.32. The van der Waals surface area contributed by atoms with Crippen molar-refractivity contribution in [2.24, 2.45) is 0 Å². The average Bonchev–Trinajstić information content (AvgIpc) is 3.28. The molecule has 0 saturated carbocycles. The van der Waals surface area contributed by atoms with Crippen LogP contribution in [0.4, 0.5) is 5.82 Å². The molecule has 0 fully saturated rings. The molecule has 0 saturated heterocycles. The zero-order chi connectivity index (χ0) is 23.3. The van der Waals surface area contributed by atoms with Crippen LogP contribution < -0.4 is 9.64 Å². The normalized spacial score (nSPS) is 12.1. The van der Waals surface area contributed by atoms with E-state index in [2.05, 4.69) is 33.9 Å². The molecule has 3 aromatic rings. The number of rotatable bonds is 10. The lowest BCUT2D eigenvalue weighted by Gasteiger charge is -2.20. The van der Waals surface area contributed by atoms with Crippen molar-refractivity contribution in [3.8, 4) is 28.6 Å². The van der Waals surface area contributed by atoms with Crippen LogP contribution in [0, 0.1) is 13.8 Å². The second-order valence-corrected chi connectivity index (χ2v) is 7.73. The van der Waals surface area contributed by atoms with E-state index in [1.54, 1.807) is 0 Å². The van der Waals surface area contributed by atoms with Gasteiger partial charge in [0.05, 0.1) is 6.61 Å². The first-order valence-corrected chi connectivity index (χ1v) is 11.0. The van der Waals surface area contributed by atoms with E-state index in [4.69, 9.17) is 14.4 Å². The molecule has 0 aliphatic heterocycles. The van der Waals surface area contributed by atoms with Crippen LogP contribution in [0.15, 0.2) is 28.8 Å². The minimum absolute atomic E-state index is 0.0324. The van der Waals surface area contributed by atoms with Gasteiger partial charge in [0.1, 0.15) is 24.3 Å². The summed E-state index contributed by atoms with van der Waals surface area (Å²) in [5.74, 6) is 2.55. The number of anilines is 1. The van der Waals surface area contributed by atoms with E-state index >= 15 is 0 Å². The predicted octanol–water partition coefficient (Wildman–Crippen LogP) is 3.56. The molecule has 0 unspecified atom stereocenters. The maximum absolute atomic E-state index is 9.61. The van der Waals surface area contributed by atoms with Gasteiger partial charge in [0, 0.05) is 29.9 Å². The molecule has 0 amide bonds. The number of hydrogen-bond donors (Lipinski definition) is 2. The first-order chi connectivity index (χ1) is 15.4. The Morgan fingerprint density at radius 2 is 1.78 bits per heavy atom. The summed E-state index contributed by atoms with van der Waals surface area (Å²) in [7, 11) is 0. The summed E-state index contributed by atoms with van der Waals surface area (Å²) in [6, 6.07) is 7.83. The van der Waals surface area contributed by atoms with Gasteiger partial charge in [-0.05, 0) is 69.5 Å². The fraction of sp³-hybridized carbons (Fsp3) is 0.458. The van der Waals surface area contributed by atoms with Crippen molar-refractivity contribution in [2.45, 2.75) is 47.1 Å². The van der Waals surface area contributed by atoms with Gasteiger partial charge in [-0.3, -0.25) is 0 Å². The standard InChI is InChI=1S/C24H32N4O4/c1-6-17-11-19(9-15(4)22(17)31-14-20(30)13-29)24-26-23(27-32-24)18-10-16(5)25-21(12-18)28(7-2)8-3/h9-12,20,29-30H,6-8,13-14H2,1-5H3/t20-/m1/s1. The van der Waals surface area contributed by atoms with E-state index < -0.39 is 6.10 Å². The lowest BCUT2D eigenvalue weighted by atomic mass is 10.0. The lowest BCUT2D eigenvalue weighted by molar-refractivity contribution is 0.0531. The van der Waals surface area contributed by atoms with Gasteiger partial charge in [0.25, 0.3) is 5.89 Å². The fourth-order valence-corrected chi connectivity index (χ4v) is 3.62. The molecule has 2 heterocycles. The number of pyridine rings is 1. The number of hydrogen-bond acceptors (Lipinski definition) is 8. The van der Waals surface area contributed by atoms with Crippen LogP contribution in [0.3, 0.4) is 0 Å². The van der Waals surface area contributed by atoms with Crippen molar-refractivity contribution >= 4 is 5.82 Å². The number of aryl methyl sites for hydroxylation is 3. The number of nitrogens with zero attached hydrogens (tertiary/aromatic N) is 4. The molecule has 1 atom stereocenters. The van der Waals surface area contributed by atoms with Gasteiger partial charge in [-0.1, -0.05) is 12.1 Å². The number of benzene rings is 1. The highest BCUT2D eigenvalue weighted by Crippen LogP contribution is 2.32. The van der Waals surface area contributed by atoms with Crippen LogP contribution in [-0.4, -0.2) is 57.7 Å². The van der Waals surface area contributed by atoms with Crippen LogP contribution >= 0.6 is 0 Å². The maximum Gasteiger partial charge on any atom is 0.258 e. The van der Waals surface area contributed by atoms with Crippen molar-refractivity contribution in [3.05, 3.63) is 41.1 Å². The highest BCUT2D eigenvalue weighted by Gasteiger charge is 2.17. The number of aliphatic hydroxyl groups is 2. The molecular formula is C24H32N4O4. The van der Waals surface area contributed by atoms with Crippen LogP contribution in [0.25, 0.3) is 22.8 Å². The molecule has 1 aromatic carbocycles. The van der Waals surface area contributed by atoms with E-state index in [0.29, 0.717) is 17.5 Å². The molecule has 2 N–H and O–H groups in total. The van der Waals surface area contributed by atoms with E-state index in [1.165, 1.54) is 0 Å². The fourth-order valence-electron chi connectivity index (χ4n) is 3.62. The van der Waals surface area contributed by atoms with E-state index in [9.17, 15) is 5.11 Å². The minimum Gasteiger partial charge on any atom is -0.490 e. The van der Waals surface area contributed by atoms with Crippen LogP contribution in [-0.2, 0) is 6.42 Å². The molecule has 32 heavy (non-hydrogen) atoms. The van der Waals surface area contributed by atoms with Crippen molar-refractivity contribution in [1.82, 2.24) is 15.1 Å². The minimum atomic E-state index is -0.915. The molecule has 8 nitrogen and oxygen atoms in total. The number of aromatic nitrogens is 3. The molecule has 172 valence electrons. The molecule has 2 aromatic heterocycles. The van der Waals surface area contributed by atoms with Crippen molar-refractivity contribution in [1.29, 1.82) is 0 Å². The first-order valence-electron chi connectivity index (χ1n) is 11.0. The van der Waals surface area contributed by atoms with Gasteiger partial charge in [-0.25, -0.2) is 4.98 Å². The third kappa shape index (κ3) is 5.26. The Kier molecular flexibility index (Phi) is 7.82. The summed E-state index contributed by atoms with van der Waals surface area (Å²) in [5, 5.41) is 22.8. The summed E-state index contributed by atoms with van der Waals surface area (Å²) >= 11 is 0. The highest BCUT2D eigenvalue weighted by atomic mass is 16.5. The number of ether oxygens (including phenoxy) is 1. The van der Waals surface area contributed by atoms with E-state index in [0.717, 1.165) is 53.3 Å². The zero-order valence-electron chi connectivity index (χ0n) is 19.4. The highest BCUT2D eigenvalue weighted by molar-refractivity contribution is 5.65. The first kappa shape index (κ1) is 23.7. The van der Waals surface area contributed by atoms with Gasteiger partial charge < -0.3 is 24.4 Å². The maximum atomic E-state index is 9.61. The predicted molar refractivity (Wildman–Crippen MR) is 124 cm³/mol. The Morgan fingerprint density at radius 3 is 2.44 bits per heavy atom. The van der Waals surface area contributed by atoms with Gasteiger partial charge >= 0.3 is 0 Å². The van der Waals surface area contributed by atoms with Gasteiger partial charge in [0.15, 0.2) is 0 Å². The van der Waals surface area contributed by atoms with Crippen molar-refractivity contribution < 1.29 is 19.5 Å². The molecule has 0 spiro atoms. The van der Waals surface area contributed by atoms with Gasteiger partial charge in [0.2, 0.25) is 5.82 Å².